The summed E-state index contributed by atoms with van der Waals surface area (Å²) in [5.74, 6) is -0.115. The van der Waals surface area contributed by atoms with Crippen LogP contribution in [-0.2, 0) is 0 Å². The second kappa shape index (κ2) is 8.68. The molecule has 0 radical (unpaired) electrons. The number of rotatable bonds is 7. The number of benzene rings is 2. The first-order chi connectivity index (χ1) is 11.2. The van der Waals surface area contributed by atoms with E-state index in [-0.39, 0.29) is 5.84 Å². The fourth-order valence-corrected chi connectivity index (χ4v) is 1.96. The molecule has 0 aliphatic rings. The minimum absolute atomic E-state index is 0.115. The Morgan fingerprint density at radius 1 is 1.00 bits per heavy atom. The monoisotopic (exact) mass is 308 g/mol. The number of hydrogen-bond donors (Lipinski definition) is 2. The highest BCUT2D eigenvalue weighted by atomic mass is 15.4. The summed E-state index contributed by atoms with van der Waals surface area (Å²) in [6.45, 7) is 5.13. The van der Waals surface area contributed by atoms with Gasteiger partial charge in [0.25, 0.3) is 0 Å². The van der Waals surface area contributed by atoms with E-state index in [0.717, 1.165) is 29.9 Å². The van der Waals surface area contributed by atoms with Gasteiger partial charge >= 0.3 is 0 Å². The summed E-state index contributed by atoms with van der Waals surface area (Å²) in [6.07, 6.45) is 2.33. The fraction of sp³-hybridized carbons (Fsp3) is 0.278. The Morgan fingerprint density at radius 2 is 1.65 bits per heavy atom. The summed E-state index contributed by atoms with van der Waals surface area (Å²) in [6, 6.07) is 15.2. The summed E-state index contributed by atoms with van der Waals surface area (Å²) in [4.78, 5) is 0. The Hall–Kier alpha value is -2.69. The van der Waals surface area contributed by atoms with Crippen LogP contribution in [0.1, 0.15) is 30.9 Å². The summed E-state index contributed by atoms with van der Waals surface area (Å²) >= 11 is 0. The van der Waals surface area contributed by atoms with Crippen LogP contribution in [0.4, 0.5) is 11.4 Å². The topological polar surface area (TPSA) is 71.1 Å². The molecule has 120 valence electrons. The molecular weight excluding hydrogens is 286 g/mol. The Balaban J connectivity index is 1.85. The van der Waals surface area contributed by atoms with E-state index in [4.69, 9.17) is 0 Å². The van der Waals surface area contributed by atoms with Crippen molar-refractivity contribution in [3.8, 4) is 0 Å². The lowest BCUT2D eigenvalue weighted by Crippen LogP contribution is -2.00. The van der Waals surface area contributed by atoms with Crippen LogP contribution < -0.4 is 10.7 Å². The van der Waals surface area contributed by atoms with Crippen LogP contribution in [0.15, 0.2) is 58.9 Å². The molecule has 0 saturated heterocycles. The molecule has 0 unspecified atom stereocenters. The van der Waals surface area contributed by atoms with Gasteiger partial charge in [-0.25, -0.2) is 0 Å². The maximum Gasteiger partial charge on any atom is 0.0562 e. The summed E-state index contributed by atoms with van der Waals surface area (Å²) in [7, 11) is 0. The molecule has 0 amide bonds. The number of hydrogen-bond acceptors (Lipinski definition) is 2. The quantitative estimate of drug-likeness (QED) is 0.248. The molecule has 0 bridgehead atoms. The van der Waals surface area contributed by atoms with E-state index in [1.807, 2.05) is 43.3 Å². The largest absolute Gasteiger partial charge is 0.463 e. The lowest BCUT2D eigenvalue weighted by molar-refractivity contribution is 0.834. The third kappa shape index (κ3) is 5.54. The van der Waals surface area contributed by atoms with Gasteiger partial charge in [0.1, 0.15) is 0 Å². The third-order valence-corrected chi connectivity index (χ3v) is 3.38. The molecule has 0 spiro atoms. The molecular formula is C18H22N5-. The van der Waals surface area contributed by atoms with Crippen molar-refractivity contribution in [3.63, 3.8) is 0 Å². The Morgan fingerprint density at radius 3 is 2.30 bits per heavy atom. The molecule has 0 atom stereocenters. The van der Waals surface area contributed by atoms with Gasteiger partial charge in [-0.3, -0.25) is 5.43 Å². The number of unbranched alkanes of at least 4 members (excludes halogenated alkanes) is 1. The second-order valence-electron chi connectivity index (χ2n) is 5.36. The van der Waals surface area contributed by atoms with Gasteiger partial charge in [0.15, 0.2) is 0 Å². The minimum Gasteiger partial charge on any atom is -0.463 e. The lowest BCUT2D eigenvalue weighted by Gasteiger charge is -2.09. The van der Waals surface area contributed by atoms with Crippen molar-refractivity contribution in [3.05, 3.63) is 65.1 Å². The first-order valence-electron chi connectivity index (χ1n) is 7.82. The maximum atomic E-state index is 9.86. The van der Waals surface area contributed by atoms with Crippen LogP contribution in [0.5, 0.6) is 0 Å². The van der Waals surface area contributed by atoms with Crippen molar-refractivity contribution in [1.29, 1.82) is 0 Å². The minimum atomic E-state index is -0.115. The maximum absolute atomic E-state index is 9.86. The van der Waals surface area contributed by atoms with Crippen LogP contribution in [-0.4, -0.2) is 12.4 Å². The van der Waals surface area contributed by atoms with E-state index < -0.39 is 0 Å². The third-order valence-electron chi connectivity index (χ3n) is 3.38. The number of nitrogens with zero attached hydrogens (tertiary/aromatic N) is 3. The number of anilines is 2. The van der Waals surface area contributed by atoms with E-state index in [9.17, 15) is 5.41 Å². The predicted molar refractivity (Wildman–Crippen MR) is 97.0 cm³/mol. The van der Waals surface area contributed by atoms with Crippen molar-refractivity contribution in [2.75, 3.05) is 17.3 Å². The Bertz CT molecular complexity index is 644. The van der Waals surface area contributed by atoms with E-state index in [0.29, 0.717) is 5.56 Å². The van der Waals surface area contributed by atoms with E-state index in [1.165, 1.54) is 6.42 Å². The van der Waals surface area contributed by atoms with Crippen LogP contribution in [0.3, 0.4) is 0 Å². The molecule has 23 heavy (non-hydrogen) atoms. The standard InChI is InChI=1S/C18H22N5/c1-3-4-13-20-16-9-11-17(12-10-16)21-23-22-18(19)15-7-5-14(2)6-8-15/h5-12,20H,3-4,13H2,1-2H3,(H-,19,21,22)/q-1. The van der Waals surface area contributed by atoms with Gasteiger partial charge in [0, 0.05) is 12.2 Å². The number of amidine groups is 1. The first kappa shape index (κ1) is 16.7. The molecule has 5 nitrogen and oxygen atoms in total. The average Bonchev–Trinajstić information content (AvgIpc) is 2.57. The highest BCUT2D eigenvalue weighted by Gasteiger charge is 1.93. The second-order valence-corrected chi connectivity index (χ2v) is 5.36. The Labute approximate surface area is 137 Å². The fourth-order valence-electron chi connectivity index (χ4n) is 1.96. The zero-order chi connectivity index (χ0) is 16.5. The smallest absolute Gasteiger partial charge is 0.0562 e. The van der Waals surface area contributed by atoms with Gasteiger partial charge in [0.2, 0.25) is 0 Å². The lowest BCUT2D eigenvalue weighted by atomic mass is 10.1. The summed E-state index contributed by atoms with van der Waals surface area (Å²) in [5.41, 5.74) is 6.46. The molecule has 0 fully saturated rings. The average molecular weight is 308 g/mol. The van der Waals surface area contributed by atoms with Crippen molar-refractivity contribution in [2.45, 2.75) is 26.7 Å². The predicted octanol–water partition coefficient (Wildman–Crippen LogP) is 5.00. The van der Waals surface area contributed by atoms with E-state index >= 15 is 0 Å². The van der Waals surface area contributed by atoms with Gasteiger partial charge in [-0.2, -0.15) is 5.22 Å². The molecule has 2 aromatic carbocycles. The van der Waals surface area contributed by atoms with Crippen molar-refractivity contribution >= 4 is 17.2 Å². The molecule has 2 rings (SSSR count). The van der Waals surface area contributed by atoms with Gasteiger partial charge in [-0.15, -0.1) is 0 Å². The van der Waals surface area contributed by atoms with E-state index in [1.54, 1.807) is 12.1 Å². The molecule has 0 aromatic heterocycles. The molecule has 2 aromatic rings. The van der Waals surface area contributed by atoms with Crippen LogP contribution >= 0.6 is 0 Å². The molecule has 0 heterocycles. The van der Waals surface area contributed by atoms with Crippen molar-refractivity contribution in [2.24, 2.45) is 10.3 Å². The van der Waals surface area contributed by atoms with Crippen molar-refractivity contribution < 1.29 is 0 Å². The van der Waals surface area contributed by atoms with Crippen LogP contribution in [0, 0.1) is 6.92 Å². The zero-order valence-corrected chi connectivity index (χ0v) is 13.6. The van der Waals surface area contributed by atoms with Crippen LogP contribution in [0.25, 0.3) is 5.41 Å². The van der Waals surface area contributed by atoms with Gasteiger partial charge in [0.05, 0.1) is 5.69 Å². The van der Waals surface area contributed by atoms with Gasteiger partial charge in [-0.05, 0) is 49.0 Å². The summed E-state index contributed by atoms with van der Waals surface area (Å²) in [5, 5.41) is 20.8. The van der Waals surface area contributed by atoms with Crippen molar-refractivity contribution in [1.82, 2.24) is 0 Å². The van der Waals surface area contributed by atoms with Gasteiger partial charge < -0.3 is 15.8 Å². The molecule has 0 aliphatic carbocycles. The number of aryl methyl sites for hydroxylation is 1. The zero-order valence-electron chi connectivity index (χ0n) is 13.6. The number of nitrogens with one attached hydrogen (secondary N) is 2. The van der Waals surface area contributed by atoms with Crippen LogP contribution in [0.2, 0.25) is 0 Å². The Kier molecular flexibility index (Phi) is 6.29. The summed E-state index contributed by atoms with van der Waals surface area (Å²) < 4.78 is 0. The molecule has 2 N–H and O–H groups in total. The first-order valence-corrected chi connectivity index (χ1v) is 7.82. The molecule has 5 heteroatoms. The SMILES string of the molecule is CCCCNc1ccc(NN=NC(=[N-])c2ccc(C)cc2)cc1. The van der Waals surface area contributed by atoms with E-state index in [2.05, 4.69) is 28.0 Å². The highest BCUT2D eigenvalue weighted by Crippen LogP contribution is 2.14. The normalized spacial score (nSPS) is 10.7. The van der Waals surface area contributed by atoms with Gasteiger partial charge in [-0.1, -0.05) is 43.2 Å². The molecule has 0 saturated carbocycles. The highest BCUT2D eigenvalue weighted by molar-refractivity contribution is 6.01. The molecule has 0 aliphatic heterocycles.